The summed E-state index contributed by atoms with van der Waals surface area (Å²) in [7, 11) is 0. The second-order valence-corrected chi connectivity index (χ2v) is 3.50. The number of anilines is 1. The van der Waals surface area contributed by atoms with E-state index in [-0.39, 0.29) is 0 Å². The summed E-state index contributed by atoms with van der Waals surface area (Å²) in [6.07, 6.45) is 0. The van der Waals surface area contributed by atoms with Gasteiger partial charge in [0.15, 0.2) is 0 Å². The molecule has 0 bridgehead atoms. The molecular weight excluding hydrogens is 208 g/mol. The van der Waals surface area contributed by atoms with Gasteiger partial charge in [-0.05, 0) is 17.7 Å². The molecule has 0 spiro atoms. The number of pyridine rings is 1. The van der Waals surface area contributed by atoms with Gasteiger partial charge in [-0.1, -0.05) is 30.3 Å². The zero-order chi connectivity index (χ0) is 10.7. The molecule has 2 rings (SSSR count). The van der Waals surface area contributed by atoms with Gasteiger partial charge in [-0.2, -0.15) is 0 Å². The summed E-state index contributed by atoms with van der Waals surface area (Å²) >= 11 is 5.68. The van der Waals surface area contributed by atoms with E-state index in [0.717, 1.165) is 16.8 Å². The summed E-state index contributed by atoms with van der Waals surface area (Å²) in [5, 5.41) is 0. The first kappa shape index (κ1) is 9.99. The third kappa shape index (κ3) is 2.10. The smallest absolute Gasteiger partial charge is 0.131 e. The predicted octanol–water partition coefficient (Wildman–Crippen LogP) is 3.07. The number of rotatable bonds is 2. The number of alkyl halides is 1. The van der Waals surface area contributed by atoms with Gasteiger partial charge in [0.2, 0.25) is 0 Å². The maximum absolute atomic E-state index is 5.86. The van der Waals surface area contributed by atoms with Crippen molar-refractivity contribution >= 4 is 17.4 Å². The van der Waals surface area contributed by atoms with Crippen molar-refractivity contribution in [1.82, 2.24) is 4.98 Å². The molecule has 0 aliphatic heterocycles. The average molecular weight is 219 g/mol. The van der Waals surface area contributed by atoms with Gasteiger partial charge in [0.25, 0.3) is 0 Å². The molecule has 0 unspecified atom stereocenters. The van der Waals surface area contributed by atoms with E-state index < -0.39 is 0 Å². The van der Waals surface area contributed by atoms with Gasteiger partial charge in [-0.25, -0.2) is 4.98 Å². The van der Waals surface area contributed by atoms with Gasteiger partial charge in [-0.3, -0.25) is 0 Å². The van der Waals surface area contributed by atoms with Crippen molar-refractivity contribution in [3.63, 3.8) is 0 Å². The maximum Gasteiger partial charge on any atom is 0.131 e. The first-order valence-corrected chi connectivity index (χ1v) is 5.21. The molecule has 0 aliphatic carbocycles. The molecule has 3 heteroatoms. The van der Waals surface area contributed by atoms with E-state index in [1.165, 1.54) is 0 Å². The van der Waals surface area contributed by atoms with Crippen molar-refractivity contribution in [2.45, 2.75) is 5.88 Å². The van der Waals surface area contributed by atoms with Gasteiger partial charge >= 0.3 is 0 Å². The molecule has 2 N–H and O–H groups in total. The van der Waals surface area contributed by atoms with Crippen LogP contribution in [0.4, 0.5) is 5.82 Å². The third-order valence-electron chi connectivity index (χ3n) is 2.20. The number of hydrogen-bond donors (Lipinski definition) is 1. The number of nitrogens with zero attached hydrogens (tertiary/aromatic N) is 1. The quantitative estimate of drug-likeness (QED) is 0.787. The zero-order valence-corrected chi connectivity index (χ0v) is 8.91. The van der Waals surface area contributed by atoms with Crippen molar-refractivity contribution in [2.75, 3.05) is 5.73 Å². The molecule has 2 aromatic rings. The monoisotopic (exact) mass is 218 g/mol. The van der Waals surface area contributed by atoms with Gasteiger partial charge in [0.05, 0.1) is 11.6 Å². The van der Waals surface area contributed by atoms with E-state index in [1.54, 1.807) is 0 Å². The molecular formula is C12H11ClN2. The van der Waals surface area contributed by atoms with Crippen LogP contribution >= 0.6 is 11.6 Å². The van der Waals surface area contributed by atoms with Crippen molar-refractivity contribution in [3.8, 4) is 11.1 Å². The summed E-state index contributed by atoms with van der Waals surface area (Å²) in [5.74, 6) is 0.915. The predicted molar refractivity (Wildman–Crippen MR) is 63.6 cm³/mol. The normalized spacial score (nSPS) is 10.2. The Labute approximate surface area is 93.7 Å². The second-order valence-electron chi connectivity index (χ2n) is 3.24. The highest BCUT2D eigenvalue weighted by atomic mass is 35.5. The Morgan fingerprint density at radius 2 is 1.80 bits per heavy atom. The van der Waals surface area contributed by atoms with E-state index in [2.05, 4.69) is 4.98 Å². The lowest BCUT2D eigenvalue weighted by atomic mass is 10.1. The van der Waals surface area contributed by atoms with Crippen LogP contribution in [0.25, 0.3) is 11.1 Å². The number of benzene rings is 1. The molecule has 0 amide bonds. The lowest BCUT2D eigenvalue weighted by molar-refractivity contribution is 1.18. The summed E-state index contributed by atoms with van der Waals surface area (Å²) < 4.78 is 0. The fraction of sp³-hybridized carbons (Fsp3) is 0.0833. The molecule has 0 radical (unpaired) electrons. The summed E-state index contributed by atoms with van der Waals surface area (Å²) in [6, 6.07) is 13.8. The molecule has 1 aromatic carbocycles. The Kier molecular flexibility index (Phi) is 2.88. The Hall–Kier alpha value is -1.54. The minimum absolute atomic E-state index is 0.388. The van der Waals surface area contributed by atoms with Gasteiger partial charge < -0.3 is 5.73 Å². The number of nitrogen functional groups attached to an aromatic ring is 1. The molecule has 0 fully saturated rings. The zero-order valence-electron chi connectivity index (χ0n) is 8.15. The second kappa shape index (κ2) is 4.32. The fourth-order valence-corrected chi connectivity index (χ4v) is 1.60. The molecule has 1 aromatic heterocycles. The third-order valence-corrected chi connectivity index (χ3v) is 2.48. The summed E-state index contributed by atoms with van der Waals surface area (Å²) in [4.78, 5) is 4.21. The van der Waals surface area contributed by atoms with Crippen molar-refractivity contribution in [2.24, 2.45) is 0 Å². The highest BCUT2D eigenvalue weighted by Gasteiger charge is 2.03. The molecule has 0 atom stereocenters. The van der Waals surface area contributed by atoms with Crippen LogP contribution in [0, 0.1) is 0 Å². The maximum atomic E-state index is 5.86. The van der Waals surface area contributed by atoms with Crippen LogP contribution in [0.3, 0.4) is 0 Å². The number of aromatic nitrogens is 1. The van der Waals surface area contributed by atoms with E-state index in [4.69, 9.17) is 17.3 Å². The van der Waals surface area contributed by atoms with Crippen molar-refractivity contribution in [3.05, 3.63) is 48.2 Å². The molecule has 0 saturated heterocycles. The fourth-order valence-electron chi connectivity index (χ4n) is 1.45. The highest BCUT2D eigenvalue weighted by Crippen LogP contribution is 2.24. The summed E-state index contributed by atoms with van der Waals surface area (Å²) in [5.41, 5.74) is 8.68. The molecule has 15 heavy (non-hydrogen) atoms. The van der Waals surface area contributed by atoms with Crippen LogP contribution in [-0.4, -0.2) is 4.98 Å². The van der Waals surface area contributed by atoms with Crippen LogP contribution in [0.1, 0.15) is 5.69 Å². The number of nitrogens with two attached hydrogens (primary N) is 1. The lowest BCUT2D eigenvalue weighted by Gasteiger charge is -2.05. The van der Waals surface area contributed by atoms with E-state index >= 15 is 0 Å². The Morgan fingerprint density at radius 3 is 2.40 bits per heavy atom. The van der Waals surface area contributed by atoms with Gasteiger partial charge in [0, 0.05) is 5.56 Å². The van der Waals surface area contributed by atoms with Crippen molar-refractivity contribution < 1.29 is 0 Å². The minimum atomic E-state index is 0.388. The first-order chi connectivity index (χ1) is 7.31. The van der Waals surface area contributed by atoms with Crippen LogP contribution in [0.2, 0.25) is 0 Å². The van der Waals surface area contributed by atoms with Crippen molar-refractivity contribution in [1.29, 1.82) is 0 Å². The Bertz CT molecular complexity index is 454. The molecule has 1 heterocycles. The van der Waals surface area contributed by atoms with Gasteiger partial charge in [0.1, 0.15) is 5.82 Å². The van der Waals surface area contributed by atoms with E-state index in [9.17, 15) is 0 Å². The topological polar surface area (TPSA) is 38.9 Å². The SMILES string of the molecule is Nc1nc(CCl)ccc1-c1ccccc1. The Morgan fingerprint density at radius 1 is 1.07 bits per heavy atom. The largest absolute Gasteiger partial charge is 0.383 e. The van der Waals surface area contributed by atoms with Crippen LogP contribution < -0.4 is 5.73 Å². The average Bonchev–Trinajstić information content (AvgIpc) is 2.30. The lowest BCUT2D eigenvalue weighted by Crippen LogP contribution is -1.96. The Balaban J connectivity index is 2.46. The highest BCUT2D eigenvalue weighted by molar-refractivity contribution is 6.16. The summed E-state index contributed by atoms with van der Waals surface area (Å²) in [6.45, 7) is 0. The molecule has 0 aliphatic rings. The van der Waals surface area contributed by atoms with E-state index in [1.807, 2.05) is 42.5 Å². The standard InChI is InChI=1S/C12H11ClN2/c13-8-10-6-7-11(12(14)15-10)9-4-2-1-3-5-9/h1-7H,8H2,(H2,14,15). The van der Waals surface area contributed by atoms with Crippen LogP contribution in [0.15, 0.2) is 42.5 Å². The molecule has 0 saturated carbocycles. The number of hydrogen-bond acceptors (Lipinski definition) is 2. The minimum Gasteiger partial charge on any atom is -0.383 e. The molecule has 76 valence electrons. The van der Waals surface area contributed by atoms with Crippen LogP contribution in [-0.2, 0) is 5.88 Å². The van der Waals surface area contributed by atoms with Crippen LogP contribution in [0.5, 0.6) is 0 Å². The molecule has 2 nitrogen and oxygen atoms in total. The first-order valence-electron chi connectivity index (χ1n) is 4.68. The number of halogens is 1. The van der Waals surface area contributed by atoms with E-state index in [0.29, 0.717) is 11.7 Å². The van der Waals surface area contributed by atoms with Gasteiger partial charge in [-0.15, -0.1) is 11.6 Å².